The summed E-state index contributed by atoms with van der Waals surface area (Å²) in [7, 11) is 0. The normalized spacial score (nSPS) is 12.0. The predicted octanol–water partition coefficient (Wildman–Crippen LogP) is 3.74. The lowest BCUT2D eigenvalue weighted by atomic mass is 10.2. The van der Waals surface area contributed by atoms with E-state index in [9.17, 15) is 13.2 Å². The van der Waals surface area contributed by atoms with Gasteiger partial charge >= 0.3 is 6.18 Å². The van der Waals surface area contributed by atoms with Crippen LogP contribution in [-0.4, -0.2) is 19.4 Å². The van der Waals surface area contributed by atoms with Crippen LogP contribution in [0.3, 0.4) is 0 Å². The SMILES string of the molecule is CCCCCCCOC[CH]C(F)(F)F. The molecule has 0 heterocycles. The third kappa shape index (κ3) is 11.8. The van der Waals surface area contributed by atoms with Gasteiger partial charge in [-0.25, -0.2) is 0 Å². The lowest BCUT2D eigenvalue weighted by Crippen LogP contribution is -2.13. The molecule has 0 saturated carbocycles. The lowest BCUT2D eigenvalue weighted by Gasteiger charge is -2.06. The minimum atomic E-state index is -4.21. The Balaban J connectivity index is 2.99. The van der Waals surface area contributed by atoms with Crippen molar-refractivity contribution >= 4 is 0 Å². The van der Waals surface area contributed by atoms with E-state index in [1.54, 1.807) is 0 Å². The van der Waals surface area contributed by atoms with Gasteiger partial charge in [-0.15, -0.1) is 0 Å². The number of hydrogen-bond acceptors (Lipinski definition) is 1. The molecule has 0 aromatic rings. The third-order valence-corrected chi connectivity index (χ3v) is 1.82. The summed E-state index contributed by atoms with van der Waals surface area (Å²) in [6, 6.07) is 0. The standard InChI is InChI=1S/C10H18F3O/c1-2-3-4-5-6-8-14-9-7-10(11,12)13/h7H,2-6,8-9H2,1H3. The molecular formula is C10H18F3O. The summed E-state index contributed by atoms with van der Waals surface area (Å²) in [5, 5.41) is 0. The van der Waals surface area contributed by atoms with Crippen molar-refractivity contribution in [2.45, 2.75) is 45.2 Å². The van der Waals surface area contributed by atoms with Crippen LogP contribution in [-0.2, 0) is 4.74 Å². The molecule has 0 spiro atoms. The quantitative estimate of drug-likeness (QED) is 0.556. The number of halogens is 3. The second kappa shape index (κ2) is 8.09. The molecular weight excluding hydrogens is 193 g/mol. The van der Waals surface area contributed by atoms with Crippen LogP contribution in [0.1, 0.15) is 39.0 Å². The zero-order chi connectivity index (χ0) is 10.9. The third-order valence-electron chi connectivity index (χ3n) is 1.82. The van der Waals surface area contributed by atoms with E-state index in [1.165, 1.54) is 12.8 Å². The summed E-state index contributed by atoms with van der Waals surface area (Å²) in [6.07, 6.45) is 1.42. The Morgan fingerprint density at radius 2 is 1.71 bits per heavy atom. The summed E-state index contributed by atoms with van der Waals surface area (Å²) < 4.78 is 39.6. The minimum absolute atomic E-state index is 0.235. The number of hydrogen-bond donors (Lipinski definition) is 0. The van der Waals surface area contributed by atoms with E-state index in [0.29, 0.717) is 6.61 Å². The van der Waals surface area contributed by atoms with Crippen LogP contribution in [0, 0.1) is 6.42 Å². The molecule has 0 aromatic heterocycles. The molecule has 0 aliphatic heterocycles. The highest BCUT2D eigenvalue weighted by molar-refractivity contribution is 4.72. The molecule has 0 bridgehead atoms. The average Bonchev–Trinajstić information content (AvgIpc) is 2.08. The molecule has 0 atom stereocenters. The highest BCUT2D eigenvalue weighted by Crippen LogP contribution is 2.17. The van der Waals surface area contributed by atoms with Crippen LogP contribution in [0.5, 0.6) is 0 Å². The van der Waals surface area contributed by atoms with Crippen LogP contribution in [0.4, 0.5) is 13.2 Å². The van der Waals surface area contributed by atoms with Crippen molar-refractivity contribution in [2.24, 2.45) is 0 Å². The molecule has 0 rings (SSSR count). The Hall–Kier alpha value is -0.250. The van der Waals surface area contributed by atoms with Crippen molar-refractivity contribution in [1.29, 1.82) is 0 Å². The molecule has 0 saturated heterocycles. The molecule has 0 unspecified atom stereocenters. The fourth-order valence-electron chi connectivity index (χ4n) is 1.04. The van der Waals surface area contributed by atoms with Crippen LogP contribution in [0.15, 0.2) is 0 Å². The number of ether oxygens (including phenoxy) is 1. The van der Waals surface area contributed by atoms with E-state index >= 15 is 0 Å². The topological polar surface area (TPSA) is 9.23 Å². The Kier molecular flexibility index (Phi) is 7.95. The molecule has 0 aliphatic rings. The first kappa shape index (κ1) is 13.8. The summed E-state index contributed by atoms with van der Waals surface area (Å²) in [6.45, 7) is 2.22. The van der Waals surface area contributed by atoms with Crippen LogP contribution >= 0.6 is 0 Å². The monoisotopic (exact) mass is 211 g/mol. The summed E-state index contributed by atoms with van der Waals surface area (Å²) >= 11 is 0. The maximum Gasteiger partial charge on any atom is 0.394 e. The highest BCUT2D eigenvalue weighted by atomic mass is 19.4. The van der Waals surface area contributed by atoms with Crippen molar-refractivity contribution in [2.75, 3.05) is 13.2 Å². The highest BCUT2D eigenvalue weighted by Gasteiger charge is 2.26. The van der Waals surface area contributed by atoms with Gasteiger partial charge in [0.1, 0.15) is 0 Å². The second-order valence-corrected chi connectivity index (χ2v) is 3.23. The van der Waals surface area contributed by atoms with Crippen LogP contribution in [0.25, 0.3) is 0 Å². The van der Waals surface area contributed by atoms with Gasteiger partial charge in [0.25, 0.3) is 0 Å². The Labute approximate surface area is 83.6 Å². The first-order valence-corrected chi connectivity index (χ1v) is 5.05. The largest absolute Gasteiger partial charge is 0.394 e. The molecule has 0 aromatic carbocycles. The van der Waals surface area contributed by atoms with E-state index in [-0.39, 0.29) is 13.0 Å². The van der Waals surface area contributed by atoms with Crippen molar-refractivity contribution in [1.82, 2.24) is 0 Å². The van der Waals surface area contributed by atoms with Crippen molar-refractivity contribution in [3.8, 4) is 0 Å². The van der Waals surface area contributed by atoms with Gasteiger partial charge in [-0.2, -0.15) is 13.2 Å². The molecule has 0 amide bonds. The lowest BCUT2D eigenvalue weighted by molar-refractivity contribution is -0.105. The Bertz CT molecular complexity index is 123. The Morgan fingerprint density at radius 3 is 2.29 bits per heavy atom. The molecule has 1 radical (unpaired) electrons. The van der Waals surface area contributed by atoms with Gasteiger partial charge in [-0.3, -0.25) is 0 Å². The van der Waals surface area contributed by atoms with Gasteiger partial charge in [-0.1, -0.05) is 32.6 Å². The average molecular weight is 211 g/mol. The molecule has 0 fully saturated rings. The number of unbranched alkanes of at least 4 members (excludes halogenated alkanes) is 4. The smallest absolute Gasteiger partial charge is 0.381 e. The van der Waals surface area contributed by atoms with Gasteiger partial charge in [0, 0.05) is 6.61 Å². The van der Waals surface area contributed by atoms with Crippen molar-refractivity contribution < 1.29 is 17.9 Å². The minimum Gasteiger partial charge on any atom is -0.381 e. The van der Waals surface area contributed by atoms with E-state index in [2.05, 4.69) is 6.92 Å². The molecule has 14 heavy (non-hydrogen) atoms. The predicted molar refractivity (Wildman–Crippen MR) is 49.9 cm³/mol. The van der Waals surface area contributed by atoms with E-state index in [0.717, 1.165) is 19.3 Å². The van der Waals surface area contributed by atoms with E-state index in [1.807, 2.05) is 0 Å². The second-order valence-electron chi connectivity index (χ2n) is 3.23. The summed E-state index contributed by atoms with van der Waals surface area (Å²) in [5.74, 6) is 0. The fourth-order valence-corrected chi connectivity index (χ4v) is 1.04. The van der Waals surface area contributed by atoms with Crippen molar-refractivity contribution in [3.63, 3.8) is 0 Å². The fraction of sp³-hybridized carbons (Fsp3) is 0.900. The van der Waals surface area contributed by atoms with Gasteiger partial charge in [-0.05, 0) is 6.42 Å². The zero-order valence-electron chi connectivity index (χ0n) is 8.57. The van der Waals surface area contributed by atoms with Gasteiger partial charge in [0.15, 0.2) is 0 Å². The zero-order valence-corrected chi connectivity index (χ0v) is 8.57. The van der Waals surface area contributed by atoms with Gasteiger partial charge < -0.3 is 4.74 Å². The summed E-state index contributed by atoms with van der Waals surface area (Å²) in [5.41, 5.74) is 0. The first-order valence-electron chi connectivity index (χ1n) is 5.05. The molecule has 0 N–H and O–H groups in total. The maximum atomic E-state index is 11.6. The van der Waals surface area contributed by atoms with E-state index in [4.69, 9.17) is 4.74 Å². The summed E-state index contributed by atoms with van der Waals surface area (Å²) in [4.78, 5) is 0. The van der Waals surface area contributed by atoms with Gasteiger partial charge in [0.05, 0.1) is 13.0 Å². The maximum absolute atomic E-state index is 11.6. The van der Waals surface area contributed by atoms with Crippen molar-refractivity contribution in [3.05, 3.63) is 6.42 Å². The number of rotatable bonds is 8. The molecule has 0 aliphatic carbocycles. The Morgan fingerprint density at radius 1 is 1.07 bits per heavy atom. The van der Waals surface area contributed by atoms with Crippen LogP contribution in [0.2, 0.25) is 0 Å². The first-order chi connectivity index (χ1) is 6.56. The van der Waals surface area contributed by atoms with Crippen LogP contribution < -0.4 is 0 Å². The molecule has 85 valence electrons. The molecule has 1 nitrogen and oxygen atoms in total. The van der Waals surface area contributed by atoms with E-state index < -0.39 is 6.18 Å². The molecule has 4 heteroatoms. The van der Waals surface area contributed by atoms with Gasteiger partial charge in [0.2, 0.25) is 0 Å². The number of alkyl halides is 3.